The lowest BCUT2D eigenvalue weighted by Gasteiger charge is -2.28. The van der Waals surface area contributed by atoms with Crippen LogP contribution in [0, 0.1) is 0 Å². The fourth-order valence-corrected chi connectivity index (χ4v) is 4.21. The van der Waals surface area contributed by atoms with E-state index in [2.05, 4.69) is 5.32 Å². The van der Waals surface area contributed by atoms with Gasteiger partial charge in [-0.2, -0.15) is 0 Å². The van der Waals surface area contributed by atoms with Crippen LogP contribution in [-0.2, 0) is 19.7 Å². The third kappa shape index (κ3) is 4.40. The third-order valence-corrected chi connectivity index (χ3v) is 5.83. The quantitative estimate of drug-likeness (QED) is 0.563. The van der Waals surface area contributed by atoms with E-state index >= 15 is 0 Å². The Morgan fingerprint density at radius 2 is 1.74 bits per heavy atom. The molecule has 0 unspecified atom stereocenters. The van der Waals surface area contributed by atoms with Gasteiger partial charge < -0.3 is 19.5 Å². The number of Topliss-reactive ketones (excluding diaryl/α,β-unsaturated/α-hetero) is 1. The zero-order valence-corrected chi connectivity index (χ0v) is 17.4. The first-order valence-electron chi connectivity index (χ1n) is 10.5. The molecule has 1 amide bonds. The van der Waals surface area contributed by atoms with Gasteiger partial charge in [0.2, 0.25) is 0 Å². The number of carbonyl (C=O) groups is 3. The molecule has 1 fully saturated rings. The van der Waals surface area contributed by atoms with E-state index in [-0.39, 0.29) is 5.78 Å². The van der Waals surface area contributed by atoms with Gasteiger partial charge in [0.25, 0.3) is 5.91 Å². The topological polar surface area (TPSA) is 90.9 Å². The van der Waals surface area contributed by atoms with Gasteiger partial charge in [0.15, 0.2) is 23.9 Å². The van der Waals surface area contributed by atoms with Crippen molar-refractivity contribution in [3.05, 3.63) is 53.6 Å². The molecule has 1 aliphatic carbocycles. The molecule has 0 bridgehead atoms. The molecule has 2 aromatic rings. The molecule has 0 saturated heterocycles. The molecule has 1 N–H and O–H groups in total. The van der Waals surface area contributed by atoms with Crippen molar-refractivity contribution >= 4 is 23.3 Å². The Labute approximate surface area is 180 Å². The van der Waals surface area contributed by atoms with Crippen molar-refractivity contribution < 1.29 is 28.6 Å². The van der Waals surface area contributed by atoms with Crippen LogP contribution in [0.1, 0.15) is 48.5 Å². The summed E-state index contributed by atoms with van der Waals surface area (Å²) in [5.41, 5.74) is 1.02. The molecule has 0 aromatic heterocycles. The molecule has 2 aliphatic rings. The molecule has 162 valence electrons. The van der Waals surface area contributed by atoms with Crippen molar-refractivity contribution in [3.63, 3.8) is 0 Å². The number of carbonyl (C=O) groups excluding carboxylic acids is 3. The van der Waals surface area contributed by atoms with Crippen LogP contribution in [-0.4, -0.2) is 37.5 Å². The summed E-state index contributed by atoms with van der Waals surface area (Å²) in [7, 11) is 0. The van der Waals surface area contributed by atoms with Crippen LogP contribution < -0.4 is 14.8 Å². The van der Waals surface area contributed by atoms with Crippen molar-refractivity contribution in [3.8, 4) is 11.5 Å². The number of anilines is 1. The molecule has 1 saturated carbocycles. The van der Waals surface area contributed by atoms with Crippen LogP contribution in [0.5, 0.6) is 11.5 Å². The lowest BCUT2D eigenvalue weighted by molar-refractivity contribution is -0.153. The molecule has 0 spiro atoms. The highest BCUT2D eigenvalue weighted by molar-refractivity contribution is 5.98. The van der Waals surface area contributed by atoms with Crippen LogP contribution >= 0.6 is 0 Å². The van der Waals surface area contributed by atoms with E-state index in [1.165, 1.54) is 6.92 Å². The van der Waals surface area contributed by atoms with Crippen molar-refractivity contribution in [1.29, 1.82) is 0 Å². The second kappa shape index (κ2) is 8.79. The third-order valence-electron chi connectivity index (χ3n) is 5.83. The Morgan fingerprint density at radius 1 is 1.00 bits per heavy atom. The fourth-order valence-electron chi connectivity index (χ4n) is 4.21. The number of ether oxygens (including phenoxy) is 3. The van der Waals surface area contributed by atoms with Crippen LogP contribution in [0.15, 0.2) is 42.5 Å². The maximum absolute atomic E-state index is 13.1. The van der Waals surface area contributed by atoms with E-state index in [1.807, 2.05) is 18.2 Å². The van der Waals surface area contributed by atoms with Gasteiger partial charge in [0.1, 0.15) is 13.2 Å². The standard InChI is InChI=1S/C24H25NO6/c1-16(26)17-5-4-6-19(13-17)25-22(27)15-31-23(28)24(9-2-3-10-24)18-7-8-20-21(14-18)30-12-11-29-20/h4-8,13-14H,2-3,9-12,15H2,1H3,(H,25,27). The van der Waals surface area contributed by atoms with Gasteiger partial charge in [-0.25, -0.2) is 0 Å². The number of amides is 1. The van der Waals surface area contributed by atoms with Crippen molar-refractivity contribution in [2.45, 2.75) is 38.0 Å². The molecule has 1 heterocycles. The van der Waals surface area contributed by atoms with Crippen LogP contribution in [0.3, 0.4) is 0 Å². The van der Waals surface area contributed by atoms with Crippen molar-refractivity contribution in [2.75, 3.05) is 25.1 Å². The number of fused-ring (bicyclic) bond motifs is 1. The number of hydrogen-bond acceptors (Lipinski definition) is 6. The van der Waals surface area contributed by atoms with E-state index in [0.29, 0.717) is 48.8 Å². The lowest BCUT2D eigenvalue weighted by Crippen LogP contribution is -2.36. The summed E-state index contributed by atoms with van der Waals surface area (Å²) in [5, 5.41) is 2.67. The molecular formula is C24H25NO6. The van der Waals surface area contributed by atoms with Gasteiger partial charge in [-0.3, -0.25) is 14.4 Å². The maximum Gasteiger partial charge on any atom is 0.317 e. The van der Waals surface area contributed by atoms with E-state index in [0.717, 1.165) is 18.4 Å². The van der Waals surface area contributed by atoms with Gasteiger partial charge in [-0.05, 0) is 49.6 Å². The summed E-state index contributed by atoms with van der Waals surface area (Å²) >= 11 is 0. The second-order valence-corrected chi connectivity index (χ2v) is 7.91. The maximum atomic E-state index is 13.1. The summed E-state index contributed by atoms with van der Waals surface area (Å²) in [6, 6.07) is 12.2. The van der Waals surface area contributed by atoms with E-state index in [4.69, 9.17) is 14.2 Å². The number of hydrogen-bond donors (Lipinski definition) is 1. The summed E-state index contributed by atoms with van der Waals surface area (Å²) < 4.78 is 16.7. The monoisotopic (exact) mass is 423 g/mol. The van der Waals surface area contributed by atoms with Crippen molar-refractivity contribution in [2.24, 2.45) is 0 Å². The molecule has 2 aromatic carbocycles. The van der Waals surface area contributed by atoms with Crippen LogP contribution in [0.4, 0.5) is 5.69 Å². The number of rotatable bonds is 6. The van der Waals surface area contributed by atoms with Gasteiger partial charge in [0, 0.05) is 11.3 Å². The predicted molar refractivity (Wildman–Crippen MR) is 114 cm³/mol. The van der Waals surface area contributed by atoms with Gasteiger partial charge in [-0.1, -0.05) is 31.0 Å². The summed E-state index contributed by atoms with van der Waals surface area (Å²) in [6.07, 6.45) is 3.14. The molecular weight excluding hydrogens is 398 g/mol. The predicted octanol–water partition coefficient (Wildman–Crippen LogP) is 3.65. The Balaban J connectivity index is 1.44. The highest BCUT2D eigenvalue weighted by Crippen LogP contribution is 2.45. The zero-order valence-electron chi connectivity index (χ0n) is 17.4. The van der Waals surface area contributed by atoms with Gasteiger partial charge in [0.05, 0.1) is 5.41 Å². The van der Waals surface area contributed by atoms with Crippen LogP contribution in [0.2, 0.25) is 0 Å². The molecule has 0 atom stereocenters. The zero-order chi connectivity index (χ0) is 21.8. The highest BCUT2D eigenvalue weighted by Gasteiger charge is 2.45. The Morgan fingerprint density at radius 3 is 2.48 bits per heavy atom. The Hall–Kier alpha value is -3.35. The lowest BCUT2D eigenvalue weighted by atomic mass is 9.78. The molecule has 4 rings (SSSR count). The van der Waals surface area contributed by atoms with Crippen LogP contribution in [0.25, 0.3) is 0 Å². The Bertz CT molecular complexity index is 1010. The molecule has 31 heavy (non-hydrogen) atoms. The first kappa shape index (κ1) is 20.9. The molecule has 1 aliphatic heterocycles. The summed E-state index contributed by atoms with van der Waals surface area (Å²) in [4.78, 5) is 37.0. The van der Waals surface area contributed by atoms with Gasteiger partial charge >= 0.3 is 5.97 Å². The SMILES string of the molecule is CC(=O)c1cccc(NC(=O)COC(=O)C2(c3ccc4c(c3)OCCO4)CCCC2)c1. The minimum absolute atomic E-state index is 0.0925. The first-order valence-corrected chi connectivity index (χ1v) is 10.5. The van der Waals surface area contributed by atoms with E-state index in [1.54, 1.807) is 24.3 Å². The van der Waals surface area contributed by atoms with E-state index in [9.17, 15) is 14.4 Å². The largest absolute Gasteiger partial charge is 0.486 e. The second-order valence-electron chi connectivity index (χ2n) is 7.91. The van der Waals surface area contributed by atoms with Crippen molar-refractivity contribution in [1.82, 2.24) is 0 Å². The average molecular weight is 423 g/mol. The number of ketones is 1. The number of benzene rings is 2. The first-order chi connectivity index (χ1) is 15.0. The minimum atomic E-state index is -0.787. The number of nitrogens with one attached hydrogen (secondary N) is 1. The normalized spacial score (nSPS) is 16.4. The molecule has 7 nitrogen and oxygen atoms in total. The molecule has 0 radical (unpaired) electrons. The Kier molecular flexibility index (Phi) is 5.93. The highest BCUT2D eigenvalue weighted by atomic mass is 16.6. The minimum Gasteiger partial charge on any atom is -0.486 e. The molecule has 7 heteroatoms. The fraction of sp³-hybridized carbons (Fsp3) is 0.375. The summed E-state index contributed by atoms with van der Waals surface area (Å²) in [5.74, 6) is 0.346. The average Bonchev–Trinajstić information content (AvgIpc) is 3.28. The van der Waals surface area contributed by atoms with Gasteiger partial charge in [-0.15, -0.1) is 0 Å². The smallest absolute Gasteiger partial charge is 0.317 e. The summed E-state index contributed by atoms with van der Waals surface area (Å²) in [6.45, 7) is 2.04. The van der Waals surface area contributed by atoms with E-state index < -0.39 is 23.9 Å². The number of esters is 1.